The van der Waals surface area contributed by atoms with Crippen molar-refractivity contribution in [2.75, 3.05) is 50.1 Å². The van der Waals surface area contributed by atoms with Gasteiger partial charge in [-0.25, -0.2) is 0 Å². The van der Waals surface area contributed by atoms with E-state index in [9.17, 15) is 31.5 Å². The zero-order valence-electron chi connectivity index (χ0n) is 15.9. The van der Waals surface area contributed by atoms with Crippen LogP contribution in [0.3, 0.4) is 0 Å². The second kappa shape index (κ2) is 10.00. The molecule has 168 valence electrons. The van der Waals surface area contributed by atoms with Gasteiger partial charge in [0.25, 0.3) is 5.91 Å². The first-order valence-corrected chi connectivity index (χ1v) is 8.76. The second-order valence-electron chi connectivity index (χ2n) is 6.43. The van der Waals surface area contributed by atoms with E-state index in [1.807, 2.05) is 0 Å². The summed E-state index contributed by atoms with van der Waals surface area (Å²) in [4.78, 5) is 26.4. The highest BCUT2D eigenvalue weighted by molar-refractivity contribution is 5.98. The van der Waals surface area contributed by atoms with Crippen molar-refractivity contribution in [3.63, 3.8) is 0 Å². The molecule has 0 aliphatic carbocycles. The van der Waals surface area contributed by atoms with Crippen molar-refractivity contribution >= 4 is 23.2 Å². The fourth-order valence-corrected chi connectivity index (χ4v) is 2.86. The van der Waals surface area contributed by atoms with Crippen LogP contribution in [0.5, 0.6) is 5.75 Å². The normalized spacial score (nSPS) is 16.2. The number of nitrogens with two attached hydrogens (primary N) is 1. The minimum atomic E-state index is -4.56. The molecule has 1 atom stereocenters. The lowest BCUT2D eigenvalue weighted by molar-refractivity contribution is -0.150. The molecule has 1 aromatic carbocycles. The van der Waals surface area contributed by atoms with Crippen LogP contribution >= 0.6 is 0 Å². The highest BCUT2D eigenvalue weighted by Crippen LogP contribution is 2.32. The number of morpholine rings is 1. The number of hydrogen-bond donors (Lipinski definition) is 2. The van der Waals surface area contributed by atoms with E-state index in [-0.39, 0.29) is 31.1 Å². The summed E-state index contributed by atoms with van der Waals surface area (Å²) in [5.41, 5.74) is 5.46. The molecule has 0 unspecified atom stereocenters. The molecule has 0 bridgehead atoms. The van der Waals surface area contributed by atoms with E-state index in [1.54, 1.807) is 0 Å². The maximum atomic E-state index is 12.8. The molecule has 8 nitrogen and oxygen atoms in total. The maximum Gasteiger partial charge on any atom is 0.401 e. The van der Waals surface area contributed by atoms with Gasteiger partial charge in [0.05, 0.1) is 18.8 Å². The molecule has 0 saturated carbocycles. The SMILES string of the molecule is CN(CC(F)(F)F)[C@@H](CN)C(=O)Nc1ccc(N2CCOCC2=O)cc1OC(F)F. The minimum Gasteiger partial charge on any atom is -0.433 e. The van der Waals surface area contributed by atoms with Crippen LogP contribution in [0.2, 0.25) is 0 Å². The monoisotopic (exact) mass is 440 g/mol. The number of benzene rings is 1. The molecule has 2 rings (SSSR count). The molecule has 1 aliphatic rings. The van der Waals surface area contributed by atoms with Crippen LogP contribution in [0.4, 0.5) is 33.3 Å². The van der Waals surface area contributed by atoms with Gasteiger partial charge in [0.15, 0.2) is 5.75 Å². The number of carbonyl (C=O) groups excluding carboxylic acids is 2. The van der Waals surface area contributed by atoms with Gasteiger partial charge >= 0.3 is 12.8 Å². The maximum absolute atomic E-state index is 12.8. The van der Waals surface area contributed by atoms with Gasteiger partial charge in [-0.15, -0.1) is 0 Å². The van der Waals surface area contributed by atoms with Crippen LogP contribution in [0, 0.1) is 0 Å². The van der Waals surface area contributed by atoms with E-state index in [0.29, 0.717) is 4.90 Å². The van der Waals surface area contributed by atoms with Crippen molar-refractivity contribution < 1.29 is 41.0 Å². The molecule has 2 amide bonds. The number of rotatable bonds is 8. The third-order valence-electron chi connectivity index (χ3n) is 4.22. The van der Waals surface area contributed by atoms with E-state index < -0.39 is 49.5 Å². The molecule has 3 N–H and O–H groups in total. The summed E-state index contributed by atoms with van der Waals surface area (Å²) in [7, 11) is 1.06. The third kappa shape index (κ3) is 6.50. The Bertz CT molecular complexity index is 762. The number of nitrogens with one attached hydrogen (secondary N) is 1. The molecule has 1 aromatic rings. The smallest absolute Gasteiger partial charge is 0.401 e. The summed E-state index contributed by atoms with van der Waals surface area (Å²) in [6, 6.07) is 2.35. The fourth-order valence-electron chi connectivity index (χ4n) is 2.86. The Kier molecular flexibility index (Phi) is 7.92. The van der Waals surface area contributed by atoms with Crippen molar-refractivity contribution in [1.29, 1.82) is 0 Å². The molecule has 0 spiro atoms. The Morgan fingerprint density at radius 3 is 2.67 bits per heavy atom. The lowest BCUT2D eigenvalue weighted by Crippen LogP contribution is -2.49. The largest absolute Gasteiger partial charge is 0.433 e. The van der Waals surface area contributed by atoms with Gasteiger partial charge in [0.2, 0.25) is 5.91 Å². The van der Waals surface area contributed by atoms with Gasteiger partial charge in [0.1, 0.15) is 12.6 Å². The fraction of sp³-hybridized carbons (Fsp3) is 0.529. The van der Waals surface area contributed by atoms with Crippen molar-refractivity contribution in [3.8, 4) is 5.75 Å². The van der Waals surface area contributed by atoms with E-state index in [0.717, 1.165) is 13.1 Å². The molecule has 0 radical (unpaired) electrons. The summed E-state index contributed by atoms with van der Waals surface area (Å²) in [5, 5.41) is 2.26. The highest BCUT2D eigenvalue weighted by Gasteiger charge is 2.34. The predicted octanol–water partition coefficient (Wildman–Crippen LogP) is 1.41. The third-order valence-corrected chi connectivity index (χ3v) is 4.22. The minimum absolute atomic E-state index is 0.173. The zero-order valence-corrected chi connectivity index (χ0v) is 15.9. The average Bonchev–Trinajstić information content (AvgIpc) is 2.62. The number of nitrogens with zero attached hydrogens (tertiary/aromatic N) is 2. The van der Waals surface area contributed by atoms with E-state index in [2.05, 4.69) is 10.1 Å². The Morgan fingerprint density at radius 2 is 2.10 bits per heavy atom. The summed E-state index contributed by atoms with van der Waals surface area (Å²) < 4.78 is 72.9. The zero-order chi connectivity index (χ0) is 22.5. The first-order valence-electron chi connectivity index (χ1n) is 8.76. The number of carbonyl (C=O) groups is 2. The molecular formula is C17H21F5N4O4. The highest BCUT2D eigenvalue weighted by atomic mass is 19.4. The summed E-state index contributed by atoms with van der Waals surface area (Å²) in [6.45, 7) is -4.80. The Balaban J connectivity index is 2.24. The van der Waals surface area contributed by atoms with Gasteiger partial charge in [-0.1, -0.05) is 0 Å². The van der Waals surface area contributed by atoms with Crippen LogP contribution in [0.25, 0.3) is 0 Å². The lowest BCUT2D eigenvalue weighted by Gasteiger charge is -2.28. The van der Waals surface area contributed by atoms with Crippen LogP contribution in [-0.4, -0.2) is 75.4 Å². The topological polar surface area (TPSA) is 97.1 Å². The number of alkyl halides is 5. The number of halogens is 5. The van der Waals surface area contributed by atoms with E-state index in [4.69, 9.17) is 10.5 Å². The standard InChI is InChI=1S/C17H21F5N4O4/c1-25(9-17(20,21)22)12(7-23)15(28)24-11-3-2-10(6-13(11)30-16(18)19)26-4-5-29-8-14(26)27/h2-3,6,12,16H,4-5,7-9,23H2,1H3,(H,24,28)/t12-/m0/s1. The van der Waals surface area contributed by atoms with Crippen molar-refractivity contribution in [2.45, 2.75) is 18.8 Å². The van der Waals surface area contributed by atoms with Gasteiger partial charge in [-0.05, 0) is 19.2 Å². The molecule has 0 aromatic heterocycles. The second-order valence-corrected chi connectivity index (χ2v) is 6.43. The van der Waals surface area contributed by atoms with Gasteiger partial charge in [-0.3, -0.25) is 14.5 Å². The number of ether oxygens (including phenoxy) is 2. The van der Waals surface area contributed by atoms with Crippen LogP contribution in [0.15, 0.2) is 18.2 Å². The molecule has 13 heteroatoms. The number of likely N-dealkylation sites (N-methyl/N-ethyl adjacent to an activating group) is 1. The quantitative estimate of drug-likeness (QED) is 0.594. The number of anilines is 2. The molecule has 1 saturated heterocycles. The summed E-state index contributed by atoms with van der Waals surface area (Å²) >= 11 is 0. The van der Waals surface area contributed by atoms with Crippen molar-refractivity contribution in [1.82, 2.24) is 4.90 Å². The predicted molar refractivity (Wildman–Crippen MR) is 96.4 cm³/mol. The number of hydrogen-bond acceptors (Lipinski definition) is 6. The Hall–Kier alpha value is -2.51. The molecule has 30 heavy (non-hydrogen) atoms. The van der Waals surface area contributed by atoms with Crippen molar-refractivity contribution in [2.24, 2.45) is 5.73 Å². The Labute approximate surface area is 168 Å². The Morgan fingerprint density at radius 1 is 1.40 bits per heavy atom. The van der Waals surface area contributed by atoms with Gasteiger partial charge < -0.3 is 25.4 Å². The lowest BCUT2D eigenvalue weighted by atomic mass is 10.2. The molecule has 1 heterocycles. The van der Waals surface area contributed by atoms with Crippen LogP contribution < -0.4 is 20.7 Å². The van der Waals surface area contributed by atoms with Crippen LogP contribution in [0.1, 0.15) is 0 Å². The summed E-state index contributed by atoms with van der Waals surface area (Å²) in [5.74, 6) is -1.78. The first-order chi connectivity index (χ1) is 14.0. The summed E-state index contributed by atoms with van der Waals surface area (Å²) in [6.07, 6.45) is -4.56. The molecular weight excluding hydrogens is 419 g/mol. The van der Waals surface area contributed by atoms with Gasteiger partial charge in [-0.2, -0.15) is 22.0 Å². The average molecular weight is 440 g/mol. The first kappa shape index (κ1) is 23.8. The van der Waals surface area contributed by atoms with Gasteiger partial charge in [0, 0.05) is 24.8 Å². The molecule has 1 aliphatic heterocycles. The molecule has 1 fully saturated rings. The van der Waals surface area contributed by atoms with E-state index in [1.165, 1.54) is 17.0 Å². The van der Waals surface area contributed by atoms with E-state index >= 15 is 0 Å². The van der Waals surface area contributed by atoms with Crippen molar-refractivity contribution in [3.05, 3.63) is 18.2 Å². The van der Waals surface area contributed by atoms with Crippen LogP contribution in [-0.2, 0) is 14.3 Å². The number of amides is 2.